The molecule has 0 radical (unpaired) electrons. The fourth-order valence-electron chi connectivity index (χ4n) is 2.44. The van der Waals surface area contributed by atoms with E-state index in [0.29, 0.717) is 6.04 Å². The van der Waals surface area contributed by atoms with E-state index in [9.17, 15) is 0 Å². The Morgan fingerprint density at radius 1 is 1.41 bits per heavy atom. The zero-order chi connectivity index (χ0) is 11.8. The van der Waals surface area contributed by atoms with Crippen molar-refractivity contribution in [3.05, 3.63) is 29.6 Å². The Bertz CT molecular complexity index is 538. The van der Waals surface area contributed by atoms with E-state index < -0.39 is 0 Å². The summed E-state index contributed by atoms with van der Waals surface area (Å²) < 4.78 is 2.43. The molecule has 1 aliphatic rings. The predicted molar refractivity (Wildman–Crippen MR) is 70.1 cm³/mol. The first-order valence-electron chi connectivity index (χ1n) is 6.47. The summed E-state index contributed by atoms with van der Waals surface area (Å²) in [6, 6.07) is 7.26. The summed E-state index contributed by atoms with van der Waals surface area (Å²) in [7, 11) is 0. The van der Waals surface area contributed by atoms with E-state index in [1.165, 1.54) is 29.7 Å². The molecule has 1 heterocycles. The Balaban J connectivity index is 2.09. The molecule has 3 nitrogen and oxygen atoms in total. The highest BCUT2D eigenvalue weighted by Gasteiger charge is 2.27. The van der Waals surface area contributed by atoms with Crippen LogP contribution in [0, 0.1) is 6.92 Å². The smallest absolute Gasteiger partial charge is 0.110 e. The summed E-state index contributed by atoms with van der Waals surface area (Å²) >= 11 is 0. The Labute approximate surface area is 102 Å². The van der Waals surface area contributed by atoms with Crippen LogP contribution >= 0.6 is 0 Å². The molecule has 1 saturated carbocycles. The lowest BCUT2D eigenvalue weighted by molar-refractivity contribution is 0.674. The van der Waals surface area contributed by atoms with Crippen molar-refractivity contribution < 1.29 is 0 Å². The van der Waals surface area contributed by atoms with Crippen molar-refractivity contribution in [2.24, 2.45) is 5.73 Å². The number of nitrogens with zero attached hydrogens (tertiary/aromatic N) is 2. The molecule has 3 heteroatoms. The lowest BCUT2D eigenvalue weighted by Crippen LogP contribution is -2.06. The molecule has 2 aromatic rings. The second-order valence-electron chi connectivity index (χ2n) is 5.01. The number of aryl methyl sites for hydroxylation is 2. The van der Waals surface area contributed by atoms with Gasteiger partial charge in [0.15, 0.2) is 0 Å². The van der Waals surface area contributed by atoms with Crippen LogP contribution in [0.2, 0.25) is 0 Å². The molecule has 1 aromatic carbocycles. The van der Waals surface area contributed by atoms with Crippen molar-refractivity contribution in [1.29, 1.82) is 0 Å². The maximum atomic E-state index is 5.60. The number of nitrogens with two attached hydrogens (primary N) is 1. The average Bonchev–Trinajstić information content (AvgIpc) is 3.08. The Morgan fingerprint density at radius 2 is 2.24 bits per heavy atom. The van der Waals surface area contributed by atoms with Gasteiger partial charge in [-0.15, -0.1) is 0 Å². The van der Waals surface area contributed by atoms with Gasteiger partial charge < -0.3 is 10.3 Å². The fourth-order valence-corrected chi connectivity index (χ4v) is 2.44. The average molecular weight is 229 g/mol. The molecule has 90 valence electrons. The third-order valence-corrected chi connectivity index (χ3v) is 3.43. The first kappa shape index (κ1) is 10.8. The van der Waals surface area contributed by atoms with Crippen molar-refractivity contribution in [1.82, 2.24) is 9.55 Å². The molecule has 0 unspecified atom stereocenters. The number of fused-ring (bicyclic) bond motifs is 1. The highest BCUT2D eigenvalue weighted by atomic mass is 15.1. The van der Waals surface area contributed by atoms with E-state index >= 15 is 0 Å². The first-order chi connectivity index (χ1) is 8.29. The van der Waals surface area contributed by atoms with Crippen molar-refractivity contribution in [3.63, 3.8) is 0 Å². The summed E-state index contributed by atoms with van der Waals surface area (Å²) in [4.78, 5) is 4.78. The third kappa shape index (κ3) is 1.95. The minimum atomic E-state index is 0.690. The number of hydrogen-bond donors (Lipinski definition) is 1. The highest BCUT2D eigenvalue weighted by Crippen LogP contribution is 2.39. The monoisotopic (exact) mass is 229 g/mol. The predicted octanol–water partition coefficient (Wildman–Crippen LogP) is 2.57. The van der Waals surface area contributed by atoms with Gasteiger partial charge in [0.2, 0.25) is 0 Å². The van der Waals surface area contributed by atoms with Crippen LogP contribution in [0.1, 0.15) is 36.7 Å². The minimum Gasteiger partial charge on any atom is -0.330 e. The summed E-state index contributed by atoms with van der Waals surface area (Å²) in [5.74, 6) is 1.22. The van der Waals surface area contributed by atoms with E-state index in [0.717, 1.165) is 24.9 Å². The summed E-state index contributed by atoms with van der Waals surface area (Å²) in [5, 5.41) is 0. The normalized spacial score (nSPS) is 15.6. The van der Waals surface area contributed by atoms with E-state index in [-0.39, 0.29) is 0 Å². The quantitative estimate of drug-likeness (QED) is 0.875. The molecule has 0 amide bonds. The van der Waals surface area contributed by atoms with E-state index in [1.54, 1.807) is 0 Å². The van der Waals surface area contributed by atoms with Crippen LogP contribution in [0.4, 0.5) is 0 Å². The van der Waals surface area contributed by atoms with Gasteiger partial charge in [0.05, 0.1) is 11.0 Å². The fraction of sp³-hybridized carbons (Fsp3) is 0.500. The SMILES string of the molecule is Cc1ccc2c(c1)nc(CCCN)n2C1CC1. The third-order valence-electron chi connectivity index (χ3n) is 3.43. The minimum absolute atomic E-state index is 0.690. The summed E-state index contributed by atoms with van der Waals surface area (Å²) in [5.41, 5.74) is 9.32. The highest BCUT2D eigenvalue weighted by molar-refractivity contribution is 5.77. The molecule has 1 aromatic heterocycles. The van der Waals surface area contributed by atoms with Crippen LogP contribution < -0.4 is 5.73 Å². The van der Waals surface area contributed by atoms with Gasteiger partial charge in [0.1, 0.15) is 5.82 Å². The molecule has 0 saturated heterocycles. The Morgan fingerprint density at radius 3 is 2.94 bits per heavy atom. The molecule has 17 heavy (non-hydrogen) atoms. The van der Waals surface area contributed by atoms with Gasteiger partial charge in [-0.25, -0.2) is 4.98 Å². The van der Waals surface area contributed by atoms with Crippen molar-refractivity contribution in [3.8, 4) is 0 Å². The molecule has 0 atom stereocenters. The van der Waals surface area contributed by atoms with Crippen molar-refractivity contribution in [2.75, 3.05) is 6.54 Å². The van der Waals surface area contributed by atoms with Gasteiger partial charge in [-0.05, 0) is 50.4 Å². The number of rotatable bonds is 4. The summed E-state index contributed by atoms with van der Waals surface area (Å²) in [6.07, 6.45) is 4.62. The Kier molecular flexibility index (Phi) is 2.63. The molecule has 0 aliphatic heterocycles. The van der Waals surface area contributed by atoms with E-state index in [1.807, 2.05) is 0 Å². The van der Waals surface area contributed by atoms with Gasteiger partial charge >= 0.3 is 0 Å². The van der Waals surface area contributed by atoms with E-state index in [2.05, 4.69) is 29.7 Å². The topological polar surface area (TPSA) is 43.8 Å². The van der Waals surface area contributed by atoms with E-state index in [4.69, 9.17) is 10.7 Å². The van der Waals surface area contributed by atoms with Gasteiger partial charge in [-0.1, -0.05) is 6.07 Å². The number of hydrogen-bond acceptors (Lipinski definition) is 2. The molecular formula is C14H19N3. The molecular weight excluding hydrogens is 210 g/mol. The molecule has 0 spiro atoms. The molecule has 2 N–H and O–H groups in total. The van der Waals surface area contributed by atoms with Crippen LogP contribution in [-0.4, -0.2) is 16.1 Å². The molecule has 3 rings (SSSR count). The Hall–Kier alpha value is -1.35. The number of imidazole rings is 1. The lowest BCUT2D eigenvalue weighted by atomic mass is 10.2. The van der Waals surface area contributed by atoms with Crippen molar-refractivity contribution in [2.45, 2.75) is 38.6 Å². The maximum absolute atomic E-state index is 5.60. The number of benzene rings is 1. The standard InChI is InChI=1S/C14H19N3/c1-10-4-7-13-12(9-10)16-14(3-2-8-15)17(13)11-5-6-11/h4,7,9,11H,2-3,5-6,8,15H2,1H3. The molecule has 1 fully saturated rings. The second kappa shape index (κ2) is 4.15. The first-order valence-corrected chi connectivity index (χ1v) is 6.47. The van der Waals surface area contributed by atoms with Gasteiger partial charge in [0, 0.05) is 12.5 Å². The lowest BCUT2D eigenvalue weighted by Gasteiger charge is -2.06. The van der Waals surface area contributed by atoms with Crippen molar-refractivity contribution >= 4 is 11.0 Å². The van der Waals surface area contributed by atoms with Gasteiger partial charge in [-0.3, -0.25) is 0 Å². The second-order valence-corrected chi connectivity index (χ2v) is 5.01. The number of aromatic nitrogens is 2. The van der Waals surface area contributed by atoms with Crippen LogP contribution in [-0.2, 0) is 6.42 Å². The zero-order valence-electron chi connectivity index (χ0n) is 10.3. The van der Waals surface area contributed by atoms with Gasteiger partial charge in [0.25, 0.3) is 0 Å². The van der Waals surface area contributed by atoms with Crippen LogP contribution in [0.5, 0.6) is 0 Å². The zero-order valence-corrected chi connectivity index (χ0v) is 10.3. The molecule has 1 aliphatic carbocycles. The van der Waals surface area contributed by atoms with Crippen LogP contribution in [0.3, 0.4) is 0 Å². The largest absolute Gasteiger partial charge is 0.330 e. The van der Waals surface area contributed by atoms with Crippen LogP contribution in [0.15, 0.2) is 18.2 Å². The maximum Gasteiger partial charge on any atom is 0.110 e. The summed E-state index contributed by atoms with van der Waals surface area (Å²) in [6.45, 7) is 2.86. The van der Waals surface area contributed by atoms with Gasteiger partial charge in [-0.2, -0.15) is 0 Å². The van der Waals surface area contributed by atoms with Crippen LogP contribution in [0.25, 0.3) is 11.0 Å². The molecule has 0 bridgehead atoms.